The molecule has 0 saturated heterocycles. The van der Waals surface area contributed by atoms with Crippen LogP contribution in [0.5, 0.6) is 0 Å². The van der Waals surface area contributed by atoms with Gasteiger partial charge >= 0.3 is 5.97 Å². The Morgan fingerprint density at radius 2 is 2.35 bits per heavy atom. The van der Waals surface area contributed by atoms with E-state index in [1.807, 2.05) is 0 Å². The van der Waals surface area contributed by atoms with E-state index in [1.54, 1.807) is 6.92 Å². The zero-order valence-corrected chi connectivity index (χ0v) is 9.59. The zero-order chi connectivity index (χ0) is 12.3. The Morgan fingerprint density at radius 3 is 3.00 bits per heavy atom. The summed E-state index contributed by atoms with van der Waals surface area (Å²) in [5.41, 5.74) is 1.37. The van der Waals surface area contributed by atoms with Gasteiger partial charge in [0.2, 0.25) is 5.16 Å². The zero-order valence-electron chi connectivity index (χ0n) is 8.77. The predicted molar refractivity (Wildman–Crippen MR) is 54.0 cm³/mol. The van der Waals surface area contributed by atoms with Crippen LogP contribution in [-0.4, -0.2) is 41.6 Å². The minimum atomic E-state index is -1.00. The number of tetrazole rings is 1. The van der Waals surface area contributed by atoms with E-state index in [1.165, 1.54) is 16.4 Å². The second kappa shape index (κ2) is 4.91. The van der Waals surface area contributed by atoms with Crippen molar-refractivity contribution in [2.45, 2.75) is 24.4 Å². The average molecular weight is 256 g/mol. The van der Waals surface area contributed by atoms with Crippen LogP contribution in [0.25, 0.3) is 0 Å². The van der Waals surface area contributed by atoms with Gasteiger partial charge in [0.1, 0.15) is 17.9 Å². The van der Waals surface area contributed by atoms with E-state index >= 15 is 0 Å². The van der Waals surface area contributed by atoms with Crippen LogP contribution in [0.3, 0.4) is 0 Å². The van der Waals surface area contributed by atoms with Gasteiger partial charge in [-0.3, -0.25) is 4.79 Å². The van der Waals surface area contributed by atoms with E-state index in [0.717, 1.165) is 0 Å². The highest BCUT2D eigenvalue weighted by atomic mass is 32.2. The first-order chi connectivity index (χ1) is 8.16. The lowest BCUT2D eigenvalue weighted by Crippen LogP contribution is -2.11. The molecule has 17 heavy (non-hydrogen) atoms. The summed E-state index contributed by atoms with van der Waals surface area (Å²) in [6.07, 6.45) is 0. The Balaban J connectivity index is 2.02. The molecule has 2 aromatic rings. The normalized spacial score (nSPS) is 10.6. The van der Waals surface area contributed by atoms with Gasteiger partial charge in [-0.15, -0.1) is 5.10 Å². The van der Waals surface area contributed by atoms with Crippen LogP contribution in [0.1, 0.15) is 11.4 Å². The molecule has 1 N–H and O–H groups in total. The first-order valence-electron chi connectivity index (χ1n) is 4.55. The molecule has 0 unspecified atom stereocenters. The lowest BCUT2D eigenvalue weighted by atomic mass is 10.4. The minimum absolute atomic E-state index is 0.272. The molecule has 0 spiro atoms. The molecule has 0 radical (unpaired) electrons. The fraction of sp³-hybridized carbons (Fsp3) is 0.429. The van der Waals surface area contributed by atoms with Crippen LogP contribution in [0, 0.1) is 6.92 Å². The second-order valence-electron chi connectivity index (χ2n) is 3.10. The van der Waals surface area contributed by atoms with E-state index in [9.17, 15) is 4.79 Å². The number of aryl methyl sites for hydroxylation is 1. The van der Waals surface area contributed by atoms with Gasteiger partial charge in [-0.1, -0.05) is 22.1 Å². The topological polar surface area (TPSA) is 120 Å². The van der Waals surface area contributed by atoms with Crippen molar-refractivity contribution >= 4 is 17.7 Å². The van der Waals surface area contributed by atoms with Crippen LogP contribution in [0.2, 0.25) is 0 Å². The quantitative estimate of drug-likeness (QED) is 0.721. The highest BCUT2D eigenvalue weighted by Crippen LogP contribution is 2.19. The maximum absolute atomic E-state index is 10.5. The summed E-state index contributed by atoms with van der Waals surface area (Å²) in [4.78, 5) is 10.5. The van der Waals surface area contributed by atoms with Crippen LogP contribution < -0.4 is 0 Å². The smallest absolute Gasteiger partial charge is 0.325 e. The Labute approximate surface area is 99.1 Å². The molecule has 0 atom stereocenters. The highest BCUT2D eigenvalue weighted by molar-refractivity contribution is 7.98. The van der Waals surface area contributed by atoms with Crippen molar-refractivity contribution in [2.24, 2.45) is 0 Å². The van der Waals surface area contributed by atoms with E-state index in [2.05, 4.69) is 30.5 Å². The average Bonchev–Trinajstić information content (AvgIpc) is 2.84. The molecule has 2 heterocycles. The standard InChI is InChI=1S/C7H8N6O3S/c1-4-5(10-16-9-4)3-17-7-8-11-12-13(7)2-6(14)15/h2-3H2,1H3,(H,14,15). The van der Waals surface area contributed by atoms with Crippen molar-refractivity contribution in [1.82, 2.24) is 30.5 Å². The SMILES string of the molecule is Cc1nonc1CSc1nnnn1CC(=O)O. The van der Waals surface area contributed by atoms with Crippen LogP contribution in [-0.2, 0) is 17.1 Å². The monoisotopic (exact) mass is 256 g/mol. The van der Waals surface area contributed by atoms with Crippen LogP contribution in [0.15, 0.2) is 9.79 Å². The Bertz CT molecular complexity index is 523. The van der Waals surface area contributed by atoms with Crippen molar-refractivity contribution in [3.05, 3.63) is 11.4 Å². The molecule has 0 fully saturated rings. The van der Waals surface area contributed by atoms with Gasteiger partial charge in [0.05, 0.1) is 0 Å². The summed E-state index contributed by atoms with van der Waals surface area (Å²) in [6.45, 7) is 1.50. The molecule has 0 amide bonds. The fourth-order valence-corrected chi connectivity index (χ4v) is 1.91. The summed E-state index contributed by atoms with van der Waals surface area (Å²) in [7, 11) is 0. The molecule has 2 rings (SSSR count). The Hall–Kier alpha value is -1.97. The molecule has 0 aromatic carbocycles. The minimum Gasteiger partial charge on any atom is -0.480 e. The van der Waals surface area contributed by atoms with E-state index in [4.69, 9.17) is 5.11 Å². The van der Waals surface area contributed by atoms with E-state index in [0.29, 0.717) is 22.3 Å². The molecule has 10 heteroatoms. The first kappa shape index (κ1) is 11.5. The lowest BCUT2D eigenvalue weighted by Gasteiger charge is -1.99. The molecule has 0 bridgehead atoms. The van der Waals surface area contributed by atoms with Gasteiger partial charge in [-0.25, -0.2) is 9.31 Å². The Kier molecular flexibility index (Phi) is 3.32. The summed E-state index contributed by atoms with van der Waals surface area (Å²) in [5.74, 6) is -0.534. The number of rotatable bonds is 5. The van der Waals surface area contributed by atoms with E-state index < -0.39 is 5.97 Å². The third kappa shape index (κ3) is 2.78. The third-order valence-corrected chi connectivity index (χ3v) is 2.84. The molecular formula is C7H8N6O3S. The number of carboxylic acid groups (broad SMARTS) is 1. The summed E-state index contributed by atoms with van der Waals surface area (Å²) in [5, 5.41) is 27.1. The number of carboxylic acids is 1. The molecule has 2 aromatic heterocycles. The predicted octanol–water partition coefficient (Wildman–Crippen LogP) is -0.259. The van der Waals surface area contributed by atoms with Crippen molar-refractivity contribution in [1.29, 1.82) is 0 Å². The summed E-state index contributed by atoms with van der Waals surface area (Å²) in [6, 6.07) is 0. The maximum atomic E-state index is 10.5. The molecule has 90 valence electrons. The number of carbonyl (C=O) groups is 1. The number of aliphatic carboxylic acids is 1. The van der Waals surface area contributed by atoms with Crippen molar-refractivity contribution in [2.75, 3.05) is 0 Å². The van der Waals surface area contributed by atoms with Gasteiger partial charge in [-0.05, 0) is 17.4 Å². The molecule has 0 aliphatic rings. The van der Waals surface area contributed by atoms with Crippen molar-refractivity contribution in [3.63, 3.8) is 0 Å². The second-order valence-corrected chi connectivity index (χ2v) is 4.04. The fourth-order valence-electron chi connectivity index (χ4n) is 1.04. The number of nitrogens with zero attached hydrogens (tertiary/aromatic N) is 6. The van der Waals surface area contributed by atoms with Gasteiger partial charge in [-0.2, -0.15) is 0 Å². The van der Waals surface area contributed by atoms with Crippen LogP contribution in [0.4, 0.5) is 0 Å². The van der Waals surface area contributed by atoms with Crippen molar-refractivity contribution < 1.29 is 14.5 Å². The molecule has 0 saturated carbocycles. The largest absolute Gasteiger partial charge is 0.480 e. The first-order valence-corrected chi connectivity index (χ1v) is 5.54. The van der Waals surface area contributed by atoms with Gasteiger partial charge in [0.15, 0.2) is 0 Å². The highest BCUT2D eigenvalue weighted by Gasteiger charge is 2.12. The Morgan fingerprint density at radius 1 is 1.53 bits per heavy atom. The summed E-state index contributed by atoms with van der Waals surface area (Å²) >= 11 is 1.27. The number of thioether (sulfide) groups is 1. The molecule has 0 aliphatic heterocycles. The van der Waals surface area contributed by atoms with Gasteiger partial charge < -0.3 is 5.11 Å². The maximum Gasteiger partial charge on any atom is 0.325 e. The van der Waals surface area contributed by atoms with Crippen LogP contribution >= 0.6 is 11.8 Å². The molecule has 9 nitrogen and oxygen atoms in total. The van der Waals surface area contributed by atoms with Gasteiger partial charge in [0.25, 0.3) is 0 Å². The number of hydrogen-bond acceptors (Lipinski definition) is 8. The number of hydrogen-bond donors (Lipinski definition) is 1. The third-order valence-electron chi connectivity index (χ3n) is 1.87. The molecular weight excluding hydrogens is 248 g/mol. The van der Waals surface area contributed by atoms with Crippen molar-refractivity contribution in [3.8, 4) is 0 Å². The summed E-state index contributed by atoms with van der Waals surface area (Å²) < 4.78 is 5.75. The van der Waals surface area contributed by atoms with E-state index in [-0.39, 0.29) is 6.54 Å². The molecule has 0 aliphatic carbocycles. The number of aromatic nitrogens is 6. The lowest BCUT2D eigenvalue weighted by molar-refractivity contribution is -0.138. The van der Waals surface area contributed by atoms with Gasteiger partial charge in [0, 0.05) is 5.75 Å².